The molecule has 1 N–H and O–H groups in total. The van der Waals surface area contributed by atoms with E-state index in [9.17, 15) is 4.79 Å². The van der Waals surface area contributed by atoms with Crippen LogP contribution >= 0.6 is 0 Å². The molecule has 22 heavy (non-hydrogen) atoms. The van der Waals surface area contributed by atoms with Crippen molar-refractivity contribution in [2.24, 2.45) is 0 Å². The Balaban J connectivity index is 1.73. The first-order chi connectivity index (χ1) is 10.7. The van der Waals surface area contributed by atoms with Gasteiger partial charge in [-0.25, -0.2) is 4.79 Å². The van der Waals surface area contributed by atoms with Crippen molar-refractivity contribution in [1.29, 1.82) is 0 Å². The number of fused-ring (bicyclic) bond motifs is 1. The molecule has 1 aromatic carbocycles. The fourth-order valence-electron chi connectivity index (χ4n) is 2.98. The molecule has 3 rings (SSSR count). The Morgan fingerprint density at radius 2 is 2.05 bits per heavy atom. The molecule has 0 saturated carbocycles. The van der Waals surface area contributed by atoms with Crippen LogP contribution in [-0.2, 0) is 4.74 Å². The molecule has 2 heterocycles. The maximum Gasteiger partial charge on any atom is 0.409 e. The molecule has 0 radical (unpaired) electrons. The molecule has 0 atom stereocenters. The van der Waals surface area contributed by atoms with Crippen molar-refractivity contribution in [2.75, 3.05) is 25.5 Å². The van der Waals surface area contributed by atoms with Crippen LogP contribution < -0.4 is 5.32 Å². The molecule has 1 aliphatic heterocycles. The quantitative estimate of drug-likeness (QED) is 0.925. The molecule has 0 aliphatic carbocycles. The lowest BCUT2D eigenvalue weighted by Crippen LogP contribution is -2.42. The highest BCUT2D eigenvalue weighted by molar-refractivity contribution is 5.91. The van der Waals surface area contributed by atoms with Crippen molar-refractivity contribution < 1.29 is 9.53 Å². The van der Waals surface area contributed by atoms with E-state index in [1.807, 2.05) is 25.1 Å². The summed E-state index contributed by atoms with van der Waals surface area (Å²) in [5, 5.41) is 4.77. The Kier molecular flexibility index (Phi) is 4.13. The number of carbonyl (C=O) groups excluding carboxylic acids is 1. The van der Waals surface area contributed by atoms with Gasteiger partial charge in [0, 0.05) is 35.9 Å². The zero-order chi connectivity index (χ0) is 15.5. The number of piperidine rings is 1. The molecule has 116 valence electrons. The minimum atomic E-state index is -0.233. The summed E-state index contributed by atoms with van der Waals surface area (Å²) in [6.45, 7) is 3.47. The van der Waals surface area contributed by atoms with Crippen LogP contribution in [0.1, 0.15) is 18.5 Å². The second kappa shape index (κ2) is 6.22. The molecule has 1 saturated heterocycles. The van der Waals surface area contributed by atoms with E-state index < -0.39 is 0 Å². The zero-order valence-electron chi connectivity index (χ0n) is 13.0. The molecule has 1 aromatic heterocycles. The average Bonchev–Trinajstić information content (AvgIpc) is 2.54. The summed E-state index contributed by atoms with van der Waals surface area (Å²) < 4.78 is 4.77. The predicted octanol–water partition coefficient (Wildman–Crippen LogP) is 3.19. The van der Waals surface area contributed by atoms with Crippen LogP contribution in [0.5, 0.6) is 0 Å². The summed E-state index contributed by atoms with van der Waals surface area (Å²) in [7, 11) is 1.43. The van der Waals surface area contributed by atoms with Crippen molar-refractivity contribution in [3.8, 4) is 0 Å². The number of rotatable bonds is 2. The van der Waals surface area contributed by atoms with E-state index in [4.69, 9.17) is 4.74 Å². The van der Waals surface area contributed by atoms with Gasteiger partial charge in [-0.1, -0.05) is 18.2 Å². The van der Waals surface area contributed by atoms with E-state index in [0.29, 0.717) is 6.04 Å². The van der Waals surface area contributed by atoms with Gasteiger partial charge in [-0.3, -0.25) is 4.98 Å². The first-order valence-corrected chi connectivity index (χ1v) is 7.63. The molecular formula is C17H21N3O2. The summed E-state index contributed by atoms with van der Waals surface area (Å²) in [4.78, 5) is 17.9. The van der Waals surface area contributed by atoms with Crippen molar-refractivity contribution in [3.05, 3.63) is 36.0 Å². The second-order valence-corrected chi connectivity index (χ2v) is 5.70. The Morgan fingerprint density at radius 1 is 1.32 bits per heavy atom. The Labute approximate surface area is 130 Å². The van der Waals surface area contributed by atoms with Gasteiger partial charge >= 0.3 is 6.09 Å². The Morgan fingerprint density at radius 3 is 2.77 bits per heavy atom. The monoisotopic (exact) mass is 299 g/mol. The third-order valence-electron chi connectivity index (χ3n) is 4.13. The van der Waals surface area contributed by atoms with Crippen molar-refractivity contribution in [3.63, 3.8) is 0 Å². The number of likely N-dealkylation sites (tertiary alicyclic amines) is 1. The lowest BCUT2D eigenvalue weighted by atomic mass is 10.0. The van der Waals surface area contributed by atoms with Gasteiger partial charge < -0.3 is 15.0 Å². The van der Waals surface area contributed by atoms with Crippen LogP contribution in [-0.4, -0.2) is 42.2 Å². The van der Waals surface area contributed by atoms with Crippen LogP contribution in [0.4, 0.5) is 10.5 Å². The van der Waals surface area contributed by atoms with E-state index in [0.717, 1.165) is 48.2 Å². The van der Waals surface area contributed by atoms with Gasteiger partial charge in [0.15, 0.2) is 0 Å². The van der Waals surface area contributed by atoms with Gasteiger partial charge in [0.2, 0.25) is 0 Å². The van der Waals surface area contributed by atoms with Crippen molar-refractivity contribution in [2.45, 2.75) is 25.8 Å². The standard InChI is InChI=1S/C17H21N3O2/c1-12-11-16(14-5-3-4-6-15(14)18-12)19-13-7-9-20(10-8-13)17(21)22-2/h3-6,11,13H,7-10H2,1-2H3,(H,18,19). The summed E-state index contributed by atoms with van der Waals surface area (Å²) >= 11 is 0. The molecule has 5 nitrogen and oxygen atoms in total. The maximum absolute atomic E-state index is 11.5. The maximum atomic E-state index is 11.5. The molecule has 1 amide bonds. The van der Waals surface area contributed by atoms with Crippen molar-refractivity contribution >= 4 is 22.7 Å². The predicted molar refractivity (Wildman–Crippen MR) is 87.1 cm³/mol. The van der Waals surface area contributed by atoms with Crippen LogP contribution in [0.2, 0.25) is 0 Å². The molecule has 0 bridgehead atoms. The normalized spacial score (nSPS) is 15.8. The number of aryl methyl sites for hydroxylation is 1. The van der Waals surface area contributed by atoms with Crippen LogP contribution in [0.3, 0.4) is 0 Å². The fourth-order valence-corrected chi connectivity index (χ4v) is 2.98. The van der Waals surface area contributed by atoms with Crippen LogP contribution in [0, 0.1) is 6.92 Å². The summed E-state index contributed by atoms with van der Waals surface area (Å²) in [5.74, 6) is 0. The molecule has 5 heteroatoms. The number of aromatic nitrogens is 1. The topological polar surface area (TPSA) is 54.5 Å². The molecule has 2 aromatic rings. The Bertz CT molecular complexity index is 679. The number of anilines is 1. The number of benzene rings is 1. The number of carbonyl (C=O) groups is 1. The largest absolute Gasteiger partial charge is 0.453 e. The Hall–Kier alpha value is -2.30. The fraction of sp³-hybridized carbons (Fsp3) is 0.412. The summed E-state index contributed by atoms with van der Waals surface area (Å²) in [5.41, 5.74) is 3.14. The lowest BCUT2D eigenvalue weighted by Gasteiger charge is -2.32. The number of amides is 1. The smallest absolute Gasteiger partial charge is 0.409 e. The van der Waals surface area contributed by atoms with E-state index in [2.05, 4.69) is 22.4 Å². The number of ether oxygens (including phenoxy) is 1. The van der Waals surface area contributed by atoms with Crippen molar-refractivity contribution in [1.82, 2.24) is 9.88 Å². The molecule has 1 fully saturated rings. The molecule has 0 unspecified atom stereocenters. The SMILES string of the molecule is COC(=O)N1CCC(Nc2cc(C)nc3ccccc23)CC1. The van der Waals surface area contributed by atoms with Gasteiger partial charge in [-0.2, -0.15) is 0 Å². The number of para-hydroxylation sites is 1. The molecule has 0 spiro atoms. The highest BCUT2D eigenvalue weighted by atomic mass is 16.5. The molecule has 1 aliphatic rings. The summed E-state index contributed by atoms with van der Waals surface area (Å²) in [6, 6.07) is 10.6. The van der Waals surface area contributed by atoms with E-state index >= 15 is 0 Å². The number of hydrogen-bond donors (Lipinski definition) is 1. The van der Waals surface area contributed by atoms with E-state index in [-0.39, 0.29) is 6.09 Å². The number of hydrogen-bond acceptors (Lipinski definition) is 4. The minimum absolute atomic E-state index is 0.233. The first kappa shape index (κ1) is 14.6. The third kappa shape index (κ3) is 2.98. The second-order valence-electron chi connectivity index (χ2n) is 5.70. The van der Waals surface area contributed by atoms with Crippen LogP contribution in [0.15, 0.2) is 30.3 Å². The molecular weight excluding hydrogens is 278 g/mol. The highest BCUT2D eigenvalue weighted by Crippen LogP contribution is 2.25. The average molecular weight is 299 g/mol. The minimum Gasteiger partial charge on any atom is -0.453 e. The first-order valence-electron chi connectivity index (χ1n) is 7.63. The van der Waals surface area contributed by atoms with Gasteiger partial charge in [-0.05, 0) is 31.9 Å². The highest BCUT2D eigenvalue weighted by Gasteiger charge is 2.23. The third-order valence-corrected chi connectivity index (χ3v) is 4.13. The lowest BCUT2D eigenvalue weighted by molar-refractivity contribution is 0.113. The van der Waals surface area contributed by atoms with Gasteiger partial charge in [0.05, 0.1) is 12.6 Å². The van der Waals surface area contributed by atoms with Crippen LogP contribution in [0.25, 0.3) is 10.9 Å². The van der Waals surface area contributed by atoms with Gasteiger partial charge in [0.1, 0.15) is 0 Å². The van der Waals surface area contributed by atoms with Gasteiger partial charge in [-0.15, -0.1) is 0 Å². The van der Waals surface area contributed by atoms with E-state index in [1.54, 1.807) is 4.90 Å². The number of nitrogens with zero attached hydrogens (tertiary/aromatic N) is 2. The van der Waals surface area contributed by atoms with E-state index in [1.165, 1.54) is 7.11 Å². The summed E-state index contributed by atoms with van der Waals surface area (Å²) in [6.07, 6.45) is 1.61. The number of nitrogens with one attached hydrogen (secondary N) is 1. The van der Waals surface area contributed by atoms with Gasteiger partial charge in [0.25, 0.3) is 0 Å². The zero-order valence-corrected chi connectivity index (χ0v) is 13.0. The number of methoxy groups -OCH3 is 1. The number of pyridine rings is 1.